The summed E-state index contributed by atoms with van der Waals surface area (Å²) in [6.45, 7) is -0.540. The van der Waals surface area contributed by atoms with Gasteiger partial charge < -0.3 is 19.5 Å². The Balaban J connectivity index is 1.88. The number of alkyl halides is 3. The number of esters is 1. The van der Waals surface area contributed by atoms with Gasteiger partial charge in [0.25, 0.3) is 5.91 Å². The fraction of sp³-hybridized carbons (Fsp3) is 0.263. The van der Waals surface area contributed by atoms with Gasteiger partial charge in [0.05, 0.1) is 19.8 Å². The standard InChI is InChI=1S/C19H18F3NO5/c1-26-15-7-8-16(27-2)13(9-15)11-28-17(24)10-23-18(25)12-3-5-14(6-4-12)19(20,21)22/h3-9H,10-11H2,1-2H3,(H,23,25). The molecule has 28 heavy (non-hydrogen) atoms. The molecule has 6 nitrogen and oxygen atoms in total. The third kappa shape index (κ3) is 5.63. The van der Waals surface area contributed by atoms with Crippen LogP contribution in [0.5, 0.6) is 11.5 Å². The van der Waals surface area contributed by atoms with Crippen molar-refractivity contribution in [2.45, 2.75) is 12.8 Å². The zero-order valence-corrected chi connectivity index (χ0v) is 15.1. The summed E-state index contributed by atoms with van der Waals surface area (Å²) in [6, 6.07) is 8.65. The number of carbonyl (C=O) groups excluding carboxylic acids is 2. The van der Waals surface area contributed by atoms with Crippen LogP contribution >= 0.6 is 0 Å². The number of benzene rings is 2. The molecule has 1 N–H and O–H groups in total. The molecule has 0 bridgehead atoms. The molecule has 0 aromatic heterocycles. The number of ether oxygens (including phenoxy) is 3. The van der Waals surface area contributed by atoms with E-state index in [0.29, 0.717) is 17.1 Å². The van der Waals surface area contributed by atoms with E-state index in [4.69, 9.17) is 14.2 Å². The van der Waals surface area contributed by atoms with Crippen LogP contribution in [0.4, 0.5) is 13.2 Å². The van der Waals surface area contributed by atoms with Crippen LogP contribution in [-0.4, -0.2) is 32.6 Å². The highest BCUT2D eigenvalue weighted by atomic mass is 19.4. The third-order valence-electron chi connectivity index (χ3n) is 3.74. The molecule has 0 aliphatic rings. The molecule has 150 valence electrons. The Bertz CT molecular complexity index is 834. The van der Waals surface area contributed by atoms with Gasteiger partial charge in [0.2, 0.25) is 0 Å². The molecule has 0 radical (unpaired) electrons. The van der Waals surface area contributed by atoms with Gasteiger partial charge in [0.15, 0.2) is 0 Å². The number of nitrogens with one attached hydrogen (secondary N) is 1. The molecule has 1 amide bonds. The minimum Gasteiger partial charge on any atom is -0.497 e. The van der Waals surface area contributed by atoms with Crippen LogP contribution in [-0.2, 0) is 22.3 Å². The average molecular weight is 397 g/mol. The first-order chi connectivity index (χ1) is 13.2. The monoisotopic (exact) mass is 397 g/mol. The van der Waals surface area contributed by atoms with Gasteiger partial charge in [-0.15, -0.1) is 0 Å². The molecule has 0 unspecified atom stereocenters. The van der Waals surface area contributed by atoms with E-state index in [1.807, 2.05) is 0 Å². The van der Waals surface area contributed by atoms with E-state index in [0.717, 1.165) is 24.3 Å². The highest BCUT2D eigenvalue weighted by Crippen LogP contribution is 2.29. The highest BCUT2D eigenvalue weighted by molar-refractivity contribution is 5.95. The predicted molar refractivity (Wildman–Crippen MR) is 93.1 cm³/mol. The maximum atomic E-state index is 12.5. The fourth-order valence-corrected chi connectivity index (χ4v) is 2.27. The van der Waals surface area contributed by atoms with Crippen molar-refractivity contribution in [2.75, 3.05) is 20.8 Å². The maximum Gasteiger partial charge on any atom is 0.416 e. The van der Waals surface area contributed by atoms with Crippen LogP contribution < -0.4 is 14.8 Å². The van der Waals surface area contributed by atoms with Crippen molar-refractivity contribution in [3.8, 4) is 11.5 Å². The summed E-state index contributed by atoms with van der Waals surface area (Å²) in [4.78, 5) is 23.8. The molecule has 0 saturated heterocycles. The molecule has 2 aromatic carbocycles. The predicted octanol–water partition coefficient (Wildman–Crippen LogP) is 3.20. The number of hydrogen-bond donors (Lipinski definition) is 1. The van der Waals surface area contributed by atoms with Crippen LogP contribution in [0.25, 0.3) is 0 Å². The van der Waals surface area contributed by atoms with E-state index in [1.54, 1.807) is 18.2 Å². The first-order valence-electron chi connectivity index (χ1n) is 8.06. The second-order valence-electron chi connectivity index (χ2n) is 5.60. The van der Waals surface area contributed by atoms with Crippen molar-refractivity contribution < 1.29 is 37.0 Å². The van der Waals surface area contributed by atoms with Gasteiger partial charge in [-0.25, -0.2) is 0 Å². The minimum atomic E-state index is -4.49. The number of carbonyl (C=O) groups is 2. The lowest BCUT2D eigenvalue weighted by atomic mass is 10.1. The van der Waals surface area contributed by atoms with Crippen molar-refractivity contribution in [2.24, 2.45) is 0 Å². The molecule has 0 heterocycles. The van der Waals surface area contributed by atoms with Crippen molar-refractivity contribution >= 4 is 11.9 Å². The minimum absolute atomic E-state index is 0.00438. The summed E-state index contributed by atoms with van der Waals surface area (Å²) in [7, 11) is 2.96. The van der Waals surface area contributed by atoms with Crippen LogP contribution in [0.1, 0.15) is 21.5 Å². The van der Waals surface area contributed by atoms with Gasteiger partial charge in [-0.2, -0.15) is 13.2 Å². The summed E-state index contributed by atoms with van der Waals surface area (Å²) in [6.07, 6.45) is -4.49. The second kappa shape index (κ2) is 9.12. The van der Waals surface area contributed by atoms with Crippen molar-refractivity contribution in [3.63, 3.8) is 0 Å². The molecular formula is C19H18F3NO5. The van der Waals surface area contributed by atoms with E-state index in [-0.39, 0.29) is 12.2 Å². The molecule has 0 atom stereocenters. The summed E-state index contributed by atoms with van der Waals surface area (Å²) in [5, 5.41) is 2.29. The summed E-state index contributed by atoms with van der Waals surface area (Å²) < 4.78 is 52.9. The Morgan fingerprint density at radius 2 is 1.68 bits per heavy atom. The third-order valence-corrected chi connectivity index (χ3v) is 3.74. The lowest BCUT2D eigenvalue weighted by Gasteiger charge is -2.11. The van der Waals surface area contributed by atoms with Crippen LogP contribution in [0.15, 0.2) is 42.5 Å². The lowest BCUT2D eigenvalue weighted by Crippen LogP contribution is -2.30. The Morgan fingerprint density at radius 1 is 1.00 bits per heavy atom. The average Bonchev–Trinajstić information content (AvgIpc) is 2.69. The molecule has 2 rings (SSSR count). The molecule has 0 aliphatic carbocycles. The van der Waals surface area contributed by atoms with E-state index in [9.17, 15) is 22.8 Å². The molecule has 9 heteroatoms. The maximum absolute atomic E-state index is 12.5. The zero-order valence-electron chi connectivity index (χ0n) is 15.1. The topological polar surface area (TPSA) is 73.9 Å². The Kier molecular flexibility index (Phi) is 6.86. The number of amides is 1. The molecule has 0 aliphatic heterocycles. The Morgan fingerprint density at radius 3 is 2.25 bits per heavy atom. The largest absolute Gasteiger partial charge is 0.497 e. The number of halogens is 3. The normalized spacial score (nSPS) is 10.9. The highest BCUT2D eigenvalue weighted by Gasteiger charge is 2.30. The second-order valence-corrected chi connectivity index (χ2v) is 5.60. The van der Waals surface area contributed by atoms with Gasteiger partial charge in [-0.1, -0.05) is 0 Å². The van der Waals surface area contributed by atoms with Crippen LogP contribution in [0, 0.1) is 0 Å². The summed E-state index contributed by atoms with van der Waals surface area (Å²) in [5.74, 6) is -0.348. The van der Waals surface area contributed by atoms with Gasteiger partial charge in [-0.05, 0) is 42.5 Å². The summed E-state index contributed by atoms with van der Waals surface area (Å²) >= 11 is 0. The van der Waals surface area contributed by atoms with Gasteiger partial charge in [0, 0.05) is 11.1 Å². The van der Waals surface area contributed by atoms with E-state index < -0.39 is 30.2 Å². The Labute approximate surface area is 159 Å². The van der Waals surface area contributed by atoms with E-state index in [2.05, 4.69) is 5.32 Å². The molecule has 0 fully saturated rings. The SMILES string of the molecule is COc1ccc(OC)c(COC(=O)CNC(=O)c2ccc(C(F)(F)F)cc2)c1. The first kappa shape index (κ1) is 21.1. The smallest absolute Gasteiger partial charge is 0.416 e. The molecular weight excluding hydrogens is 379 g/mol. The number of hydrogen-bond acceptors (Lipinski definition) is 5. The van der Waals surface area contributed by atoms with Gasteiger partial charge in [0.1, 0.15) is 24.7 Å². The quantitative estimate of drug-likeness (QED) is 0.727. The Hall–Kier alpha value is -3.23. The van der Waals surface area contributed by atoms with E-state index in [1.165, 1.54) is 14.2 Å². The van der Waals surface area contributed by atoms with Crippen LogP contribution in [0.3, 0.4) is 0 Å². The van der Waals surface area contributed by atoms with Crippen molar-refractivity contribution in [3.05, 3.63) is 59.2 Å². The molecule has 0 spiro atoms. The first-order valence-corrected chi connectivity index (χ1v) is 8.06. The van der Waals surface area contributed by atoms with Crippen molar-refractivity contribution in [1.29, 1.82) is 0 Å². The zero-order chi connectivity index (χ0) is 20.7. The van der Waals surface area contributed by atoms with Crippen molar-refractivity contribution in [1.82, 2.24) is 5.32 Å². The van der Waals surface area contributed by atoms with Gasteiger partial charge >= 0.3 is 12.1 Å². The van der Waals surface area contributed by atoms with Gasteiger partial charge in [-0.3, -0.25) is 9.59 Å². The molecule has 2 aromatic rings. The lowest BCUT2D eigenvalue weighted by molar-refractivity contribution is -0.143. The fourth-order valence-electron chi connectivity index (χ4n) is 2.27. The van der Waals surface area contributed by atoms with Crippen LogP contribution in [0.2, 0.25) is 0 Å². The molecule has 0 saturated carbocycles. The van der Waals surface area contributed by atoms with E-state index >= 15 is 0 Å². The number of rotatable bonds is 7. The number of methoxy groups -OCH3 is 2. The summed E-state index contributed by atoms with van der Waals surface area (Å²) in [5.41, 5.74) is -0.296.